The molecule has 0 heterocycles. The van der Waals surface area contributed by atoms with Gasteiger partial charge in [0, 0.05) is 16.0 Å². The second-order valence-corrected chi connectivity index (χ2v) is 5.35. The lowest BCUT2D eigenvalue weighted by atomic mass is 9.99. The largest absolute Gasteiger partial charge is 0.489 e. The van der Waals surface area contributed by atoms with Crippen LogP contribution >= 0.6 is 0 Å². The summed E-state index contributed by atoms with van der Waals surface area (Å²) in [4.78, 5) is 14.6. The third-order valence-electron chi connectivity index (χ3n) is 3.72. The van der Waals surface area contributed by atoms with Gasteiger partial charge in [0.25, 0.3) is 0 Å². The highest BCUT2D eigenvalue weighted by Gasteiger charge is 2.14. The van der Waals surface area contributed by atoms with Gasteiger partial charge in [0.2, 0.25) is 5.91 Å². The van der Waals surface area contributed by atoms with Gasteiger partial charge >= 0.3 is 0 Å². The standard InChI is InChI=1S/C18H19N3O2/c1-4-14-6-5-7-15(18(22)20-21-19)16(14)11-23-17-9-8-12(2)10-13(17)3/h5-10H,4,11H2,1-3H3. The Balaban J connectivity index is 2.34. The monoisotopic (exact) mass is 309 g/mol. The number of hydrogen-bond acceptors (Lipinski definition) is 2. The summed E-state index contributed by atoms with van der Waals surface area (Å²) in [6, 6.07) is 11.4. The van der Waals surface area contributed by atoms with Gasteiger partial charge in [0.1, 0.15) is 12.4 Å². The van der Waals surface area contributed by atoms with Crippen LogP contribution < -0.4 is 4.74 Å². The van der Waals surface area contributed by atoms with E-state index in [0.717, 1.165) is 28.9 Å². The van der Waals surface area contributed by atoms with Crippen molar-refractivity contribution in [1.29, 1.82) is 0 Å². The van der Waals surface area contributed by atoms with Crippen LogP contribution in [-0.2, 0) is 13.0 Å². The van der Waals surface area contributed by atoms with Crippen LogP contribution in [0.5, 0.6) is 5.75 Å². The van der Waals surface area contributed by atoms with Gasteiger partial charge in [-0.3, -0.25) is 4.79 Å². The van der Waals surface area contributed by atoms with Gasteiger partial charge in [-0.15, -0.1) is 0 Å². The third-order valence-corrected chi connectivity index (χ3v) is 3.72. The summed E-state index contributed by atoms with van der Waals surface area (Å²) in [5, 5.41) is 3.20. The van der Waals surface area contributed by atoms with E-state index in [4.69, 9.17) is 10.3 Å². The molecule has 0 spiro atoms. The molecular weight excluding hydrogens is 290 g/mol. The number of benzene rings is 2. The van der Waals surface area contributed by atoms with Crippen LogP contribution in [0.4, 0.5) is 0 Å². The van der Waals surface area contributed by atoms with Crippen molar-refractivity contribution in [3.63, 3.8) is 0 Å². The number of carbonyl (C=O) groups is 1. The van der Waals surface area contributed by atoms with Crippen molar-refractivity contribution in [3.8, 4) is 5.75 Å². The summed E-state index contributed by atoms with van der Waals surface area (Å²) in [7, 11) is 0. The first-order chi connectivity index (χ1) is 11.1. The summed E-state index contributed by atoms with van der Waals surface area (Å²) < 4.78 is 5.90. The van der Waals surface area contributed by atoms with Crippen LogP contribution in [0.3, 0.4) is 0 Å². The average Bonchev–Trinajstić information content (AvgIpc) is 2.54. The normalized spacial score (nSPS) is 10.0. The molecule has 0 atom stereocenters. The first kappa shape index (κ1) is 16.6. The Kier molecular flexibility index (Phi) is 5.39. The highest BCUT2D eigenvalue weighted by Crippen LogP contribution is 2.23. The van der Waals surface area contributed by atoms with E-state index in [9.17, 15) is 4.79 Å². The van der Waals surface area contributed by atoms with Crippen molar-refractivity contribution in [2.45, 2.75) is 33.8 Å². The number of nitrogens with zero attached hydrogens (tertiary/aromatic N) is 3. The van der Waals surface area contributed by atoms with Gasteiger partial charge in [-0.2, -0.15) is 0 Å². The molecule has 0 aliphatic heterocycles. The zero-order valence-electron chi connectivity index (χ0n) is 13.5. The molecule has 2 aromatic rings. The van der Waals surface area contributed by atoms with Crippen LogP contribution in [0.25, 0.3) is 10.4 Å². The first-order valence-electron chi connectivity index (χ1n) is 7.47. The smallest absolute Gasteiger partial charge is 0.249 e. The average molecular weight is 309 g/mol. The molecule has 0 saturated heterocycles. The zero-order valence-corrected chi connectivity index (χ0v) is 13.5. The van der Waals surface area contributed by atoms with Crippen molar-refractivity contribution < 1.29 is 9.53 Å². The third kappa shape index (κ3) is 3.90. The fourth-order valence-corrected chi connectivity index (χ4v) is 2.54. The molecule has 0 saturated carbocycles. The fraction of sp³-hybridized carbons (Fsp3) is 0.278. The van der Waals surface area contributed by atoms with Crippen molar-refractivity contribution in [3.05, 3.63) is 74.7 Å². The fourth-order valence-electron chi connectivity index (χ4n) is 2.54. The minimum Gasteiger partial charge on any atom is -0.489 e. The van der Waals surface area contributed by atoms with E-state index < -0.39 is 5.91 Å². The van der Waals surface area contributed by atoms with E-state index >= 15 is 0 Å². The Morgan fingerprint density at radius 2 is 2.04 bits per heavy atom. The lowest BCUT2D eigenvalue weighted by molar-refractivity contribution is 0.0997. The van der Waals surface area contributed by atoms with E-state index in [1.165, 1.54) is 5.56 Å². The molecule has 0 N–H and O–H groups in total. The predicted octanol–water partition coefficient (Wildman–Crippen LogP) is 4.90. The number of amides is 1. The van der Waals surface area contributed by atoms with Gasteiger partial charge < -0.3 is 4.74 Å². The van der Waals surface area contributed by atoms with Gasteiger partial charge in [0.15, 0.2) is 0 Å². The molecule has 23 heavy (non-hydrogen) atoms. The van der Waals surface area contributed by atoms with Crippen LogP contribution in [0.15, 0.2) is 41.5 Å². The minimum atomic E-state index is -0.581. The lowest BCUT2D eigenvalue weighted by Gasteiger charge is -2.15. The van der Waals surface area contributed by atoms with E-state index in [-0.39, 0.29) is 6.61 Å². The van der Waals surface area contributed by atoms with E-state index in [2.05, 4.69) is 10.0 Å². The second-order valence-electron chi connectivity index (χ2n) is 5.35. The second kappa shape index (κ2) is 7.47. The summed E-state index contributed by atoms with van der Waals surface area (Å²) in [6.07, 6.45) is 0.767. The highest BCUT2D eigenvalue weighted by atomic mass is 16.5. The van der Waals surface area contributed by atoms with E-state index in [0.29, 0.717) is 5.56 Å². The molecule has 0 aromatic heterocycles. The molecule has 2 aromatic carbocycles. The summed E-state index contributed by atoms with van der Waals surface area (Å²) in [5.74, 6) is 0.200. The SMILES string of the molecule is CCc1cccc(C(=O)N=[N+]=[N-])c1COc1ccc(C)cc1C. The van der Waals surface area contributed by atoms with E-state index in [1.54, 1.807) is 12.1 Å². The topological polar surface area (TPSA) is 75.1 Å². The molecule has 0 radical (unpaired) electrons. The van der Waals surface area contributed by atoms with Crippen molar-refractivity contribution in [2.75, 3.05) is 0 Å². The van der Waals surface area contributed by atoms with Gasteiger partial charge in [-0.05, 0) is 48.1 Å². The summed E-state index contributed by atoms with van der Waals surface area (Å²) >= 11 is 0. The van der Waals surface area contributed by atoms with Gasteiger partial charge in [0.05, 0.1) is 0 Å². The number of ether oxygens (including phenoxy) is 1. The van der Waals surface area contributed by atoms with E-state index in [1.807, 2.05) is 45.0 Å². The maximum absolute atomic E-state index is 12.0. The number of carbonyl (C=O) groups excluding carboxylic acids is 1. The Hall–Kier alpha value is -2.78. The molecule has 0 unspecified atom stereocenters. The molecule has 0 aliphatic carbocycles. The number of azide groups is 1. The maximum atomic E-state index is 12.0. The summed E-state index contributed by atoms with van der Waals surface area (Å²) in [5.41, 5.74) is 12.9. The molecule has 5 nitrogen and oxygen atoms in total. The molecule has 0 fully saturated rings. The van der Waals surface area contributed by atoms with Crippen LogP contribution in [0, 0.1) is 13.8 Å². The molecular formula is C18H19N3O2. The number of rotatable bonds is 5. The number of aryl methyl sites for hydroxylation is 3. The van der Waals surface area contributed by atoms with Crippen LogP contribution in [0.2, 0.25) is 0 Å². The molecule has 0 aliphatic rings. The molecule has 2 rings (SSSR count). The minimum absolute atomic E-state index is 0.260. The van der Waals surface area contributed by atoms with Gasteiger partial charge in [-0.25, -0.2) is 0 Å². The Bertz CT molecular complexity index is 778. The van der Waals surface area contributed by atoms with Crippen molar-refractivity contribution >= 4 is 5.91 Å². The highest BCUT2D eigenvalue weighted by molar-refractivity contribution is 5.96. The van der Waals surface area contributed by atoms with Gasteiger partial charge in [-0.1, -0.05) is 42.8 Å². The Labute approximate surface area is 135 Å². The molecule has 5 heteroatoms. The Morgan fingerprint density at radius 3 is 2.70 bits per heavy atom. The van der Waals surface area contributed by atoms with Crippen LogP contribution in [0.1, 0.15) is 39.5 Å². The first-order valence-corrected chi connectivity index (χ1v) is 7.47. The maximum Gasteiger partial charge on any atom is 0.249 e. The predicted molar refractivity (Wildman–Crippen MR) is 89.5 cm³/mol. The Morgan fingerprint density at radius 1 is 1.26 bits per heavy atom. The number of hydrogen-bond donors (Lipinski definition) is 0. The molecule has 1 amide bonds. The molecule has 118 valence electrons. The zero-order chi connectivity index (χ0) is 16.8. The quantitative estimate of drug-likeness (QED) is 0.447. The van der Waals surface area contributed by atoms with Crippen molar-refractivity contribution in [2.24, 2.45) is 5.11 Å². The summed E-state index contributed by atoms with van der Waals surface area (Å²) in [6.45, 7) is 6.29. The lowest BCUT2D eigenvalue weighted by Crippen LogP contribution is -2.08. The molecule has 0 bridgehead atoms. The van der Waals surface area contributed by atoms with Crippen LogP contribution in [-0.4, -0.2) is 5.91 Å². The van der Waals surface area contributed by atoms with Crippen molar-refractivity contribution in [1.82, 2.24) is 0 Å².